The number of imidazole rings is 1. The van der Waals surface area contributed by atoms with Gasteiger partial charge in [0.15, 0.2) is 11.5 Å². The summed E-state index contributed by atoms with van der Waals surface area (Å²) in [5, 5.41) is 9.60. The van der Waals surface area contributed by atoms with Gasteiger partial charge in [-0.15, -0.1) is 0 Å². The van der Waals surface area contributed by atoms with Crippen molar-refractivity contribution in [3.8, 4) is 0 Å². The lowest BCUT2D eigenvalue weighted by atomic mass is 9.84. The SMILES string of the molecule is CC(Cc1cn2ccnc2c(NCC(C)(C)c2ccc(C(=O)NC3CC3)cc2)n1)NC(=O)c1ccccc1. The molecule has 2 amide bonds. The lowest BCUT2D eigenvalue weighted by Crippen LogP contribution is -2.34. The Labute approximate surface area is 222 Å². The number of fused-ring (bicyclic) bond motifs is 1. The van der Waals surface area contributed by atoms with Crippen LogP contribution in [0.25, 0.3) is 5.65 Å². The summed E-state index contributed by atoms with van der Waals surface area (Å²) in [4.78, 5) is 34.2. The molecule has 196 valence electrons. The van der Waals surface area contributed by atoms with Gasteiger partial charge in [-0.25, -0.2) is 9.97 Å². The first-order chi connectivity index (χ1) is 18.3. The summed E-state index contributed by atoms with van der Waals surface area (Å²) >= 11 is 0. The summed E-state index contributed by atoms with van der Waals surface area (Å²) in [5.41, 5.74) is 3.83. The van der Waals surface area contributed by atoms with Gasteiger partial charge < -0.3 is 20.4 Å². The summed E-state index contributed by atoms with van der Waals surface area (Å²) in [6.45, 7) is 6.92. The number of nitrogens with zero attached hydrogens (tertiary/aromatic N) is 3. The van der Waals surface area contributed by atoms with Crippen LogP contribution in [0.1, 0.15) is 65.6 Å². The number of aromatic nitrogens is 3. The molecule has 1 atom stereocenters. The van der Waals surface area contributed by atoms with Gasteiger partial charge in [-0.1, -0.05) is 44.2 Å². The van der Waals surface area contributed by atoms with Crippen LogP contribution in [0, 0.1) is 0 Å². The minimum atomic E-state index is -0.219. The van der Waals surface area contributed by atoms with Gasteiger partial charge in [0.25, 0.3) is 11.8 Å². The topological polar surface area (TPSA) is 100 Å². The second-order valence-corrected chi connectivity index (χ2v) is 10.7. The zero-order valence-electron chi connectivity index (χ0n) is 22.1. The molecule has 2 aromatic carbocycles. The molecule has 8 heteroatoms. The maximum Gasteiger partial charge on any atom is 0.251 e. The molecule has 1 unspecified atom stereocenters. The van der Waals surface area contributed by atoms with E-state index in [0.717, 1.165) is 29.7 Å². The van der Waals surface area contributed by atoms with Crippen molar-refractivity contribution in [1.29, 1.82) is 0 Å². The predicted octanol–water partition coefficient (Wildman–Crippen LogP) is 4.37. The Hall–Kier alpha value is -4.20. The van der Waals surface area contributed by atoms with Crippen LogP contribution in [0.3, 0.4) is 0 Å². The summed E-state index contributed by atoms with van der Waals surface area (Å²) in [6, 6.07) is 17.3. The third-order valence-electron chi connectivity index (χ3n) is 6.89. The van der Waals surface area contributed by atoms with E-state index in [1.54, 1.807) is 18.3 Å². The highest BCUT2D eigenvalue weighted by atomic mass is 16.2. The van der Waals surface area contributed by atoms with Crippen LogP contribution in [0.15, 0.2) is 73.2 Å². The molecular weight excluding hydrogens is 476 g/mol. The maximum atomic E-state index is 12.6. The molecule has 0 bridgehead atoms. The van der Waals surface area contributed by atoms with Gasteiger partial charge in [-0.3, -0.25) is 9.59 Å². The second kappa shape index (κ2) is 10.7. The minimum absolute atomic E-state index is 0.00752. The van der Waals surface area contributed by atoms with E-state index in [2.05, 4.69) is 34.8 Å². The second-order valence-electron chi connectivity index (χ2n) is 10.7. The molecule has 1 fully saturated rings. The quantitative estimate of drug-likeness (QED) is 0.294. The molecule has 8 nitrogen and oxygen atoms in total. The van der Waals surface area contributed by atoms with Crippen LogP contribution in [-0.4, -0.2) is 44.8 Å². The van der Waals surface area contributed by atoms with E-state index in [1.165, 1.54) is 0 Å². The number of nitrogens with one attached hydrogen (secondary N) is 3. The first-order valence-corrected chi connectivity index (χ1v) is 13.1. The molecule has 5 rings (SSSR count). The Morgan fingerprint density at radius 2 is 1.74 bits per heavy atom. The Morgan fingerprint density at radius 1 is 1.03 bits per heavy atom. The summed E-state index contributed by atoms with van der Waals surface area (Å²) in [5.74, 6) is 0.590. The Kier molecular flexibility index (Phi) is 7.13. The average Bonchev–Trinajstić information content (AvgIpc) is 3.60. The van der Waals surface area contributed by atoms with E-state index in [0.29, 0.717) is 36.0 Å². The van der Waals surface area contributed by atoms with Crippen molar-refractivity contribution in [1.82, 2.24) is 25.0 Å². The van der Waals surface area contributed by atoms with Crippen LogP contribution in [0.2, 0.25) is 0 Å². The van der Waals surface area contributed by atoms with Crippen molar-refractivity contribution in [3.63, 3.8) is 0 Å². The fraction of sp³-hybridized carbons (Fsp3) is 0.333. The normalized spacial score (nSPS) is 14.2. The standard InChI is InChI=1S/C30H34N6O2/c1-20(33-28(37)21-7-5-4-6-8-21)17-25-18-36-16-15-31-27(36)26(34-25)32-19-30(2,3)23-11-9-22(10-12-23)29(38)35-24-13-14-24/h4-12,15-16,18,20,24H,13-14,17,19H2,1-3H3,(H,32,34)(H,33,37)(H,35,38). The van der Waals surface area contributed by atoms with Crippen LogP contribution < -0.4 is 16.0 Å². The van der Waals surface area contributed by atoms with Gasteiger partial charge in [0.05, 0.1) is 5.69 Å². The number of carbonyl (C=O) groups is 2. The fourth-order valence-electron chi connectivity index (χ4n) is 4.44. The highest BCUT2D eigenvalue weighted by Crippen LogP contribution is 2.26. The minimum Gasteiger partial charge on any atom is -0.366 e. The first kappa shape index (κ1) is 25.4. The number of amides is 2. The molecule has 1 aliphatic carbocycles. The largest absolute Gasteiger partial charge is 0.366 e. The highest BCUT2D eigenvalue weighted by molar-refractivity contribution is 5.95. The molecule has 2 aromatic heterocycles. The van der Waals surface area contributed by atoms with Crippen LogP contribution >= 0.6 is 0 Å². The number of carbonyl (C=O) groups excluding carboxylic acids is 2. The molecule has 1 saturated carbocycles. The molecule has 2 heterocycles. The summed E-state index contributed by atoms with van der Waals surface area (Å²) in [6.07, 6.45) is 8.33. The van der Waals surface area contributed by atoms with Crippen LogP contribution in [0.5, 0.6) is 0 Å². The molecule has 3 N–H and O–H groups in total. The van der Waals surface area contributed by atoms with Gasteiger partial charge in [0, 0.05) is 60.2 Å². The summed E-state index contributed by atoms with van der Waals surface area (Å²) in [7, 11) is 0. The third kappa shape index (κ3) is 6.02. The number of rotatable bonds is 10. The fourth-order valence-corrected chi connectivity index (χ4v) is 4.44. The zero-order chi connectivity index (χ0) is 26.7. The van der Waals surface area contributed by atoms with Gasteiger partial charge in [-0.2, -0.15) is 0 Å². The van der Waals surface area contributed by atoms with Gasteiger partial charge in [0.1, 0.15) is 0 Å². The smallest absolute Gasteiger partial charge is 0.251 e. The van der Waals surface area contributed by atoms with Gasteiger partial charge in [0.2, 0.25) is 0 Å². The average molecular weight is 511 g/mol. The monoisotopic (exact) mass is 510 g/mol. The van der Waals surface area contributed by atoms with Crippen LogP contribution in [-0.2, 0) is 11.8 Å². The predicted molar refractivity (Wildman–Crippen MR) is 149 cm³/mol. The highest BCUT2D eigenvalue weighted by Gasteiger charge is 2.25. The first-order valence-electron chi connectivity index (χ1n) is 13.1. The summed E-state index contributed by atoms with van der Waals surface area (Å²) < 4.78 is 1.96. The molecular formula is C30H34N6O2. The van der Waals surface area contributed by atoms with E-state index in [9.17, 15) is 9.59 Å². The van der Waals surface area contributed by atoms with E-state index < -0.39 is 0 Å². The number of hydrogen-bond acceptors (Lipinski definition) is 5. The Morgan fingerprint density at radius 3 is 2.45 bits per heavy atom. The number of hydrogen-bond donors (Lipinski definition) is 3. The molecule has 38 heavy (non-hydrogen) atoms. The number of benzene rings is 2. The van der Waals surface area contributed by atoms with Crippen molar-refractivity contribution < 1.29 is 9.59 Å². The molecule has 0 saturated heterocycles. The van der Waals surface area contributed by atoms with Gasteiger partial charge >= 0.3 is 0 Å². The maximum absolute atomic E-state index is 12.6. The Bertz CT molecular complexity index is 1420. The molecule has 0 aliphatic heterocycles. The molecule has 0 radical (unpaired) electrons. The molecule has 4 aromatic rings. The van der Waals surface area contributed by atoms with Gasteiger partial charge in [-0.05, 0) is 49.6 Å². The Balaban J connectivity index is 1.25. The van der Waals surface area contributed by atoms with E-state index >= 15 is 0 Å². The lowest BCUT2D eigenvalue weighted by molar-refractivity contribution is 0.0935. The van der Waals surface area contributed by atoms with E-state index in [-0.39, 0.29) is 23.3 Å². The van der Waals surface area contributed by atoms with E-state index in [1.807, 2.05) is 66.2 Å². The van der Waals surface area contributed by atoms with Crippen molar-refractivity contribution in [3.05, 3.63) is 95.6 Å². The van der Waals surface area contributed by atoms with E-state index in [4.69, 9.17) is 4.98 Å². The number of anilines is 1. The third-order valence-corrected chi connectivity index (χ3v) is 6.89. The van der Waals surface area contributed by atoms with Crippen molar-refractivity contribution in [2.45, 2.75) is 57.5 Å². The van der Waals surface area contributed by atoms with Crippen molar-refractivity contribution in [2.24, 2.45) is 0 Å². The van der Waals surface area contributed by atoms with Crippen molar-refractivity contribution in [2.75, 3.05) is 11.9 Å². The van der Waals surface area contributed by atoms with Crippen molar-refractivity contribution >= 4 is 23.3 Å². The molecule has 0 spiro atoms. The zero-order valence-corrected chi connectivity index (χ0v) is 22.1. The molecule has 1 aliphatic rings. The lowest BCUT2D eigenvalue weighted by Gasteiger charge is -2.26. The van der Waals surface area contributed by atoms with Crippen LogP contribution in [0.4, 0.5) is 5.82 Å².